The van der Waals surface area contributed by atoms with E-state index in [1.54, 1.807) is 0 Å². The number of benzene rings is 1. The third-order valence-electron chi connectivity index (χ3n) is 1.89. The van der Waals surface area contributed by atoms with Gasteiger partial charge < -0.3 is 10.8 Å². The highest BCUT2D eigenvalue weighted by Gasteiger charge is 2.31. The first-order valence-corrected chi connectivity index (χ1v) is 4.94. The average molecular weight is 284 g/mol. The quantitative estimate of drug-likeness (QED) is 0.877. The van der Waals surface area contributed by atoms with E-state index in [0.29, 0.717) is 18.1 Å². The molecule has 15 heavy (non-hydrogen) atoms. The molecular formula is C9H9BrF3NO. The molecule has 1 rings (SSSR count). The highest BCUT2D eigenvalue weighted by molar-refractivity contribution is 9.10. The van der Waals surface area contributed by atoms with Gasteiger partial charge in [-0.05, 0) is 25.1 Å². The number of phenols is 1. The van der Waals surface area contributed by atoms with Crippen LogP contribution in [0.4, 0.5) is 13.2 Å². The van der Waals surface area contributed by atoms with Crippen molar-refractivity contribution < 1.29 is 18.3 Å². The number of nitrogens with two attached hydrogens (primary N) is 1. The van der Waals surface area contributed by atoms with Crippen molar-refractivity contribution >= 4 is 15.9 Å². The molecule has 1 aromatic carbocycles. The summed E-state index contributed by atoms with van der Waals surface area (Å²) in [6.07, 6.45) is -4.13. The van der Waals surface area contributed by atoms with Crippen LogP contribution in [0.5, 0.6) is 5.75 Å². The molecule has 84 valence electrons. The van der Waals surface area contributed by atoms with E-state index in [1.807, 2.05) is 0 Å². The minimum absolute atomic E-state index is 0.222. The molecule has 0 aliphatic heterocycles. The number of hydrogen-bond acceptors (Lipinski definition) is 2. The lowest BCUT2D eigenvalue weighted by Gasteiger charge is -2.11. The Labute approximate surface area is 93.0 Å². The lowest BCUT2D eigenvalue weighted by Crippen LogP contribution is -2.07. The molecule has 0 spiro atoms. The van der Waals surface area contributed by atoms with E-state index in [9.17, 15) is 18.3 Å². The van der Waals surface area contributed by atoms with Crippen molar-refractivity contribution in [1.29, 1.82) is 0 Å². The zero-order valence-corrected chi connectivity index (χ0v) is 9.19. The second-order valence-electron chi connectivity index (χ2n) is 2.99. The zero-order valence-electron chi connectivity index (χ0n) is 7.61. The van der Waals surface area contributed by atoms with Crippen LogP contribution >= 0.6 is 15.9 Å². The Morgan fingerprint density at radius 1 is 1.33 bits per heavy atom. The van der Waals surface area contributed by atoms with E-state index in [0.717, 1.165) is 6.07 Å². The van der Waals surface area contributed by atoms with Crippen LogP contribution in [0.25, 0.3) is 0 Å². The summed E-state index contributed by atoms with van der Waals surface area (Å²) in [6.45, 7) is 0.261. The summed E-state index contributed by atoms with van der Waals surface area (Å²) in [7, 11) is 0. The SMILES string of the molecule is NCCc1c(O)cc(C(F)(F)F)cc1Br. The Morgan fingerprint density at radius 2 is 1.93 bits per heavy atom. The van der Waals surface area contributed by atoms with Crippen molar-refractivity contribution in [3.63, 3.8) is 0 Å². The Kier molecular flexibility index (Phi) is 3.62. The van der Waals surface area contributed by atoms with Gasteiger partial charge in [-0.1, -0.05) is 15.9 Å². The van der Waals surface area contributed by atoms with E-state index in [4.69, 9.17) is 5.73 Å². The number of phenolic OH excluding ortho intramolecular Hbond substituents is 1. The molecule has 1 aromatic rings. The van der Waals surface area contributed by atoms with Gasteiger partial charge in [-0.2, -0.15) is 13.2 Å². The second-order valence-corrected chi connectivity index (χ2v) is 3.85. The van der Waals surface area contributed by atoms with Crippen molar-refractivity contribution in [3.05, 3.63) is 27.7 Å². The van der Waals surface area contributed by atoms with Crippen LogP contribution in [0.15, 0.2) is 16.6 Å². The van der Waals surface area contributed by atoms with E-state index < -0.39 is 11.7 Å². The summed E-state index contributed by atoms with van der Waals surface area (Å²) in [5.41, 5.74) is 4.78. The van der Waals surface area contributed by atoms with Gasteiger partial charge in [0, 0.05) is 10.0 Å². The maximum atomic E-state index is 12.3. The molecule has 0 atom stereocenters. The molecule has 0 aromatic heterocycles. The van der Waals surface area contributed by atoms with Crippen molar-refractivity contribution in [1.82, 2.24) is 0 Å². The molecule has 6 heteroatoms. The molecule has 2 nitrogen and oxygen atoms in total. The Bertz CT molecular complexity index is 342. The van der Waals surface area contributed by atoms with Gasteiger partial charge in [0.15, 0.2) is 0 Å². The van der Waals surface area contributed by atoms with Gasteiger partial charge in [0.05, 0.1) is 5.56 Å². The first-order valence-electron chi connectivity index (χ1n) is 4.15. The summed E-state index contributed by atoms with van der Waals surface area (Å²) in [6, 6.07) is 1.64. The predicted molar refractivity (Wildman–Crippen MR) is 53.6 cm³/mol. The highest BCUT2D eigenvalue weighted by Crippen LogP contribution is 2.36. The number of hydrogen-bond donors (Lipinski definition) is 2. The van der Waals surface area contributed by atoms with Crippen molar-refractivity contribution in [2.45, 2.75) is 12.6 Å². The molecule has 0 amide bonds. The molecule has 0 heterocycles. The predicted octanol–water partition coefficient (Wildman–Crippen LogP) is 2.67. The molecule has 0 unspecified atom stereocenters. The van der Waals surface area contributed by atoms with Crippen LogP contribution < -0.4 is 5.73 Å². The minimum atomic E-state index is -4.46. The molecule has 0 saturated heterocycles. The topological polar surface area (TPSA) is 46.2 Å². The maximum Gasteiger partial charge on any atom is 0.416 e. The first kappa shape index (κ1) is 12.3. The molecule has 0 radical (unpaired) electrons. The van der Waals surface area contributed by atoms with Gasteiger partial charge in [-0.15, -0.1) is 0 Å². The van der Waals surface area contributed by atoms with Crippen molar-refractivity contribution in [3.8, 4) is 5.75 Å². The fourth-order valence-electron chi connectivity index (χ4n) is 1.18. The maximum absolute atomic E-state index is 12.3. The minimum Gasteiger partial charge on any atom is -0.508 e. The molecule has 0 saturated carbocycles. The first-order chi connectivity index (χ1) is 6.86. The number of rotatable bonds is 2. The van der Waals surface area contributed by atoms with Gasteiger partial charge in [0.1, 0.15) is 5.75 Å². The normalized spacial score (nSPS) is 11.8. The van der Waals surface area contributed by atoms with Crippen molar-refractivity contribution in [2.24, 2.45) is 5.73 Å². The molecule has 3 N–H and O–H groups in total. The standard InChI is InChI=1S/C9H9BrF3NO/c10-7-3-5(9(11,12)13)4-8(15)6(7)1-2-14/h3-4,15H,1-2,14H2. The van der Waals surface area contributed by atoms with Crippen LogP contribution in [-0.4, -0.2) is 11.7 Å². The third kappa shape index (κ3) is 2.85. The van der Waals surface area contributed by atoms with E-state index in [2.05, 4.69) is 15.9 Å². The number of alkyl halides is 3. The van der Waals surface area contributed by atoms with Gasteiger partial charge in [0.25, 0.3) is 0 Å². The van der Waals surface area contributed by atoms with Crippen LogP contribution in [-0.2, 0) is 12.6 Å². The zero-order chi connectivity index (χ0) is 11.6. The lowest BCUT2D eigenvalue weighted by molar-refractivity contribution is -0.137. The Hall–Kier alpha value is -0.750. The summed E-state index contributed by atoms with van der Waals surface area (Å²) < 4.78 is 37.1. The summed E-state index contributed by atoms with van der Waals surface area (Å²) >= 11 is 2.98. The number of halogens is 4. The molecule has 0 fully saturated rings. The molecule has 0 aliphatic rings. The smallest absolute Gasteiger partial charge is 0.416 e. The fourth-order valence-corrected chi connectivity index (χ4v) is 1.83. The Morgan fingerprint density at radius 3 is 2.33 bits per heavy atom. The summed E-state index contributed by atoms with van der Waals surface area (Å²) in [4.78, 5) is 0. The van der Waals surface area contributed by atoms with Gasteiger partial charge in [-0.3, -0.25) is 0 Å². The van der Waals surface area contributed by atoms with Crippen molar-refractivity contribution in [2.75, 3.05) is 6.54 Å². The third-order valence-corrected chi connectivity index (χ3v) is 2.60. The van der Waals surface area contributed by atoms with Crippen LogP contribution in [0, 0.1) is 0 Å². The summed E-state index contributed by atoms with van der Waals surface area (Å²) in [5, 5.41) is 9.38. The van der Waals surface area contributed by atoms with Gasteiger partial charge in [-0.25, -0.2) is 0 Å². The van der Waals surface area contributed by atoms with E-state index >= 15 is 0 Å². The van der Waals surface area contributed by atoms with Gasteiger partial charge >= 0.3 is 6.18 Å². The summed E-state index contributed by atoms with van der Waals surface area (Å²) in [5.74, 6) is -0.387. The molecule has 0 aliphatic carbocycles. The van der Waals surface area contributed by atoms with Crippen LogP contribution in [0.2, 0.25) is 0 Å². The van der Waals surface area contributed by atoms with E-state index in [1.165, 1.54) is 0 Å². The average Bonchev–Trinajstić information content (AvgIpc) is 2.09. The molecule has 0 bridgehead atoms. The fraction of sp³-hybridized carbons (Fsp3) is 0.333. The highest BCUT2D eigenvalue weighted by atomic mass is 79.9. The number of aromatic hydroxyl groups is 1. The van der Waals surface area contributed by atoms with Crippen LogP contribution in [0.3, 0.4) is 0 Å². The lowest BCUT2D eigenvalue weighted by atomic mass is 10.1. The Balaban J connectivity index is 3.19. The monoisotopic (exact) mass is 283 g/mol. The van der Waals surface area contributed by atoms with Crippen LogP contribution in [0.1, 0.15) is 11.1 Å². The largest absolute Gasteiger partial charge is 0.508 e. The molecular weight excluding hydrogens is 275 g/mol. The second kappa shape index (κ2) is 4.40. The van der Waals surface area contributed by atoms with E-state index in [-0.39, 0.29) is 16.8 Å². The van der Waals surface area contributed by atoms with Gasteiger partial charge in [0.2, 0.25) is 0 Å².